The molecule has 1 aliphatic heterocycles. The summed E-state index contributed by atoms with van der Waals surface area (Å²) in [6, 6.07) is 9.78. The molecule has 1 fully saturated rings. The molecular formula is C14H23N3. The van der Waals surface area contributed by atoms with Crippen molar-refractivity contribution in [3.63, 3.8) is 0 Å². The molecule has 1 saturated heterocycles. The lowest BCUT2D eigenvalue weighted by molar-refractivity contribution is 0.162. The van der Waals surface area contributed by atoms with Gasteiger partial charge in [-0.3, -0.25) is 4.90 Å². The molecule has 1 aliphatic rings. The standard InChI is InChI=1S/C14H23N3/c1-11-4-6-13(7-5-11)17-9-12(2)16(3)14(8-15)10-17/h4-7,12,14H,8-10,15H2,1-3H3. The van der Waals surface area contributed by atoms with Crippen molar-refractivity contribution < 1.29 is 0 Å². The number of piperazine rings is 1. The van der Waals surface area contributed by atoms with Gasteiger partial charge in [0.2, 0.25) is 0 Å². The third-order valence-corrected chi connectivity index (χ3v) is 3.86. The van der Waals surface area contributed by atoms with Gasteiger partial charge in [0, 0.05) is 37.4 Å². The lowest BCUT2D eigenvalue weighted by atomic mass is 10.1. The number of hydrogen-bond donors (Lipinski definition) is 1. The van der Waals surface area contributed by atoms with Crippen molar-refractivity contribution in [3.8, 4) is 0 Å². The van der Waals surface area contributed by atoms with E-state index in [9.17, 15) is 0 Å². The normalized spacial score (nSPS) is 26.2. The lowest BCUT2D eigenvalue weighted by Gasteiger charge is -2.44. The van der Waals surface area contributed by atoms with Gasteiger partial charge in [-0.1, -0.05) is 17.7 Å². The van der Waals surface area contributed by atoms with Gasteiger partial charge in [-0.05, 0) is 33.0 Å². The number of nitrogens with zero attached hydrogens (tertiary/aromatic N) is 2. The summed E-state index contributed by atoms with van der Waals surface area (Å²) in [7, 11) is 2.18. The largest absolute Gasteiger partial charge is 0.368 e. The first-order valence-corrected chi connectivity index (χ1v) is 6.35. The number of anilines is 1. The Morgan fingerprint density at radius 3 is 2.47 bits per heavy atom. The van der Waals surface area contributed by atoms with Crippen LogP contribution in [0.5, 0.6) is 0 Å². The molecule has 0 amide bonds. The summed E-state index contributed by atoms with van der Waals surface area (Å²) in [5, 5.41) is 0. The van der Waals surface area contributed by atoms with Crippen molar-refractivity contribution in [2.75, 3.05) is 31.6 Å². The number of benzene rings is 1. The topological polar surface area (TPSA) is 32.5 Å². The van der Waals surface area contributed by atoms with Gasteiger partial charge in [0.15, 0.2) is 0 Å². The fourth-order valence-corrected chi connectivity index (χ4v) is 2.47. The van der Waals surface area contributed by atoms with Gasteiger partial charge in [0.1, 0.15) is 0 Å². The van der Waals surface area contributed by atoms with Crippen LogP contribution in [0.25, 0.3) is 0 Å². The van der Waals surface area contributed by atoms with Gasteiger partial charge >= 0.3 is 0 Å². The summed E-state index contributed by atoms with van der Waals surface area (Å²) in [6.45, 7) is 7.22. The Balaban J connectivity index is 2.14. The summed E-state index contributed by atoms with van der Waals surface area (Å²) < 4.78 is 0. The predicted molar refractivity (Wildman–Crippen MR) is 73.5 cm³/mol. The fraction of sp³-hybridized carbons (Fsp3) is 0.571. The van der Waals surface area contributed by atoms with E-state index in [0.29, 0.717) is 12.1 Å². The molecule has 17 heavy (non-hydrogen) atoms. The third kappa shape index (κ3) is 2.61. The summed E-state index contributed by atoms with van der Waals surface area (Å²) in [5.41, 5.74) is 8.48. The maximum atomic E-state index is 5.85. The van der Waals surface area contributed by atoms with Crippen molar-refractivity contribution in [2.45, 2.75) is 25.9 Å². The summed E-state index contributed by atoms with van der Waals surface area (Å²) in [6.07, 6.45) is 0. The maximum Gasteiger partial charge on any atom is 0.0394 e. The molecule has 0 aliphatic carbocycles. The number of rotatable bonds is 2. The van der Waals surface area contributed by atoms with Gasteiger partial charge in [0.05, 0.1) is 0 Å². The second kappa shape index (κ2) is 5.07. The molecule has 2 rings (SSSR count). The average Bonchev–Trinajstić information content (AvgIpc) is 2.33. The zero-order valence-electron chi connectivity index (χ0n) is 11.1. The second-order valence-corrected chi connectivity index (χ2v) is 5.14. The second-order valence-electron chi connectivity index (χ2n) is 5.14. The zero-order valence-corrected chi connectivity index (χ0v) is 11.1. The molecule has 3 nitrogen and oxygen atoms in total. The van der Waals surface area contributed by atoms with Gasteiger partial charge in [0.25, 0.3) is 0 Å². The summed E-state index contributed by atoms with van der Waals surface area (Å²) >= 11 is 0. The van der Waals surface area contributed by atoms with E-state index in [2.05, 4.69) is 55.0 Å². The smallest absolute Gasteiger partial charge is 0.0394 e. The molecule has 0 bridgehead atoms. The number of likely N-dealkylation sites (N-methyl/N-ethyl adjacent to an activating group) is 1. The van der Waals surface area contributed by atoms with E-state index >= 15 is 0 Å². The molecule has 2 N–H and O–H groups in total. The van der Waals surface area contributed by atoms with Crippen molar-refractivity contribution in [1.82, 2.24) is 4.90 Å². The van der Waals surface area contributed by atoms with Crippen LogP contribution in [0.1, 0.15) is 12.5 Å². The molecule has 0 saturated carbocycles. The maximum absolute atomic E-state index is 5.85. The van der Waals surface area contributed by atoms with Crippen LogP contribution in [0, 0.1) is 6.92 Å². The minimum atomic E-state index is 0.458. The molecular weight excluding hydrogens is 210 g/mol. The number of aryl methyl sites for hydroxylation is 1. The number of hydrogen-bond acceptors (Lipinski definition) is 3. The van der Waals surface area contributed by atoms with Crippen molar-refractivity contribution in [2.24, 2.45) is 5.73 Å². The first-order valence-electron chi connectivity index (χ1n) is 6.35. The van der Waals surface area contributed by atoms with Crippen LogP contribution in [-0.2, 0) is 0 Å². The van der Waals surface area contributed by atoms with E-state index in [-0.39, 0.29) is 0 Å². The van der Waals surface area contributed by atoms with E-state index in [0.717, 1.165) is 19.6 Å². The SMILES string of the molecule is Cc1ccc(N2CC(C)N(C)C(CN)C2)cc1. The van der Waals surface area contributed by atoms with Crippen LogP contribution in [0.3, 0.4) is 0 Å². The first-order chi connectivity index (χ1) is 8.11. The molecule has 0 spiro atoms. The van der Waals surface area contributed by atoms with Gasteiger partial charge in [-0.15, -0.1) is 0 Å². The molecule has 94 valence electrons. The van der Waals surface area contributed by atoms with E-state index in [4.69, 9.17) is 5.73 Å². The van der Waals surface area contributed by atoms with Crippen LogP contribution >= 0.6 is 0 Å². The lowest BCUT2D eigenvalue weighted by Crippen LogP contribution is -2.58. The highest BCUT2D eigenvalue weighted by molar-refractivity contribution is 5.48. The quantitative estimate of drug-likeness (QED) is 0.839. The Morgan fingerprint density at radius 2 is 1.88 bits per heavy atom. The van der Waals surface area contributed by atoms with E-state index in [1.807, 2.05) is 0 Å². The summed E-state index contributed by atoms with van der Waals surface area (Å²) in [4.78, 5) is 4.84. The van der Waals surface area contributed by atoms with Gasteiger partial charge in [-0.2, -0.15) is 0 Å². The molecule has 2 atom stereocenters. The van der Waals surface area contributed by atoms with Crippen LogP contribution in [0.2, 0.25) is 0 Å². The van der Waals surface area contributed by atoms with Gasteiger partial charge < -0.3 is 10.6 Å². The highest BCUT2D eigenvalue weighted by Crippen LogP contribution is 2.21. The minimum Gasteiger partial charge on any atom is -0.368 e. The Morgan fingerprint density at radius 1 is 1.24 bits per heavy atom. The highest BCUT2D eigenvalue weighted by atomic mass is 15.3. The van der Waals surface area contributed by atoms with E-state index in [1.165, 1.54) is 11.3 Å². The molecule has 0 radical (unpaired) electrons. The fourth-order valence-electron chi connectivity index (χ4n) is 2.47. The van der Waals surface area contributed by atoms with Crippen molar-refractivity contribution >= 4 is 5.69 Å². The Bertz CT molecular complexity index is 360. The molecule has 1 aromatic rings. The van der Waals surface area contributed by atoms with Crippen molar-refractivity contribution in [3.05, 3.63) is 29.8 Å². The number of nitrogens with two attached hydrogens (primary N) is 1. The Kier molecular flexibility index (Phi) is 3.69. The third-order valence-electron chi connectivity index (χ3n) is 3.86. The summed E-state index contributed by atoms with van der Waals surface area (Å²) in [5.74, 6) is 0. The van der Waals surface area contributed by atoms with E-state index in [1.54, 1.807) is 0 Å². The van der Waals surface area contributed by atoms with Crippen LogP contribution < -0.4 is 10.6 Å². The highest BCUT2D eigenvalue weighted by Gasteiger charge is 2.28. The van der Waals surface area contributed by atoms with Gasteiger partial charge in [-0.25, -0.2) is 0 Å². The van der Waals surface area contributed by atoms with E-state index < -0.39 is 0 Å². The molecule has 0 aromatic heterocycles. The zero-order chi connectivity index (χ0) is 12.4. The van der Waals surface area contributed by atoms with Crippen molar-refractivity contribution in [1.29, 1.82) is 0 Å². The Hall–Kier alpha value is -1.06. The monoisotopic (exact) mass is 233 g/mol. The average molecular weight is 233 g/mol. The molecule has 1 heterocycles. The first kappa shape index (κ1) is 12.4. The minimum absolute atomic E-state index is 0.458. The predicted octanol–water partition coefficient (Wildman–Crippen LogP) is 1.46. The molecule has 1 aromatic carbocycles. The van der Waals surface area contributed by atoms with Crippen LogP contribution in [0.4, 0.5) is 5.69 Å². The van der Waals surface area contributed by atoms with Crippen LogP contribution in [-0.4, -0.2) is 43.7 Å². The Labute approximate surface area is 104 Å². The van der Waals surface area contributed by atoms with Crippen LogP contribution in [0.15, 0.2) is 24.3 Å². The molecule has 3 heteroatoms. The molecule has 2 unspecified atom stereocenters.